The quantitative estimate of drug-likeness (QED) is 0.594. The number of aryl methyl sites for hydroxylation is 1. The van der Waals surface area contributed by atoms with E-state index < -0.39 is 5.82 Å². The zero-order valence-electron chi connectivity index (χ0n) is 10.8. The summed E-state index contributed by atoms with van der Waals surface area (Å²) >= 11 is 17.7. The van der Waals surface area contributed by atoms with Crippen LogP contribution in [-0.4, -0.2) is 15.4 Å². The molecule has 0 aliphatic rings. The van der Waals surface area contributed by atoms with Crippen LogP contribution in [0.1, 0.15) is 5.82 Å². The number of fused-ring (bicyclic) bond motifs is 1. The Balaban J connectivity index is 2.33. The predicted molar refractivity (Wildman–Crippen MR) is 85.5 cm³/mol. The molecule has 0 N–H and O–H groups in total. The van der Waals surface area contributed by atoms with Crippen molar-refractivity contribution in [1.29, 1.82) is 0 Å². The molecular formula is C15H10Cl3FN2. The molecule has 0 fully saturated rings. The van der Waals surface area contributed by atoms with Crippen LogP contribution in [0.2, 0.25) is 10.0 Å². The number of nitrogens with zero attached hydrogens (tertiary/aromatic N) is 2. The lowest BCUT2D eigenvalue weighted by atomic mass is 10.2. The molecule has 0 saturated carbocycles. The third kappa shape index (κ3) is 2.61. The van der Waals surface area contributed by atoms with Crippen LogP contribution >= 0.6 is 34.8 Å². The van der Waals surface area contributed by atoms with Crippen LogP contribution in [0.15, 0.2) is 36.4 Å². The van der Waals surface area contributed by atoms with E-state index in [1.54, 1.807) is 28.8 Å². The lowest BCUT2D eigenvalue weighted by Crippen LogP contribution is -2.04. The molecule has 0 atom stereocenters. The van der Waals surface area contributed by atoms with Crippen molar-refractivity contribution in [3.63, 3.8) is 0 Å². The van der Waals surface area contributed by atoms with Crippen molar-refractivity contribution in [2.24, 2.45) is 0 Å². The smallest absolute Gasteiger partial charge is 0.165 e. The summed E-state index contributed by atoms with van der Waals surface area (Å²) in [6.07, 6.45) is 0.514. The van der Waals surface area contributed by atoms with E-state index in [1.807, 2.05) is 6.07 Å². The van der Waals surface area contributed by atoms with Crippen LogP contribution in [0.4, 0.5) is 4.39 Å². The maximum Gasteiger partial charge on any atom is 0.165 e. The van der Waals surface area contributed by atoms with Crippen molar-refractivity contribution in [3.8, 4) is 5.69 Å². The molecule has 108 valence electrons. The zero-order valence-corrected chi connectivity index (χ0v) is 13.1. The Morgan fingerprint density at radius 3 is 2.71 bits per heavy atom. The minimum Gasteiger partial charge on any atom is -0.293 e. The van der Waals surface area contributed by atoms with Crippen LogP contribution < -0.4 is 0 Å². The molecule has 21 heavy (non-hydrogen) atoms. The van der Waals surface area contributed by atoms with Crippen LogP contribution in [0.5, 0.6) is 0 Å². The molecule has 0 spiro atoms. The van der Waals surface area contributed by atoms with Gasteiger partial charge in [-0.2, -0.15) is 0 Å². The van der Waals surface area contributed by atoms with Gasteiger partial charge in [0.1, 0.15) is 5.82 Å². The second-order valence-corrected chi connectivity index (χ2v) is 5.73. The van der Waals surface area contributed by atoms with Gasteiger partial charge in [-0.25, -0.2) is 9.37 Å². The molecule has 2 nitrogen and oxygen atoms in total. The molecule has 1 aromatic heterocycles. The number of hydrogen-bond acceptors (Lipinski definition) is 1. The van der Waals surface area contributed by atoms with Gasteiger partial charge >= 0.3 is 0 Å². The van der Waals surface area contributed by atoms with Crippen LogP contribution in [0.25, 0.3) is 16.7 Å². The van der Waals surface area contributed by atoms with Gasteiger partial charge in [0.25, 0.3) is 0 Å². The second kappa shape index (κ2) is 5.84. The van der Waals surface area contributed by atoms with E-state index in [1.165, 1.54) is 6.07 Å². The molecular weight excluding hydrogens is 334 g/mol. The van der Waals surface area contributed by atoms with E-state index in [9.17, 15) is 4.39 Å². The fraction of sp³-hybridized carbons (Fsp3) is 0.133. The highest BCUT2D eigenvalue weighted by molar-refractivity contribution is 6.31. The van der Waals surface area contributed by atoms with Gasteiger partial charge in [-0.15, -0.1) is 11.6 Å². The van der Waals surface area contributed by atoms with Gasteiger partial charge in [-0.3, -0.25) is 4.57 Å². The third-order valence-electron chi connectivity index (χ3n) is 3.18. The fourth-order valence-corrected chi connectivity index (χ4v) is 2.79. The van der Waals surface area contributed by atoms with Gasteiger partial charge in [0, 0.05) is 17.3 Å². The van der Waals surface area contributed by atoms with E-state index in [-0.39, 0.29) is 5.02 Å². The van der Waals surface area contributed by atoms with E-state index in [0.717, 1.165) is 5.52 Å². The molecule has 0 saturated heterocycles. The molecule has 0 aliphatic carbocycles. The second-order valence-electron chi connectivity index (χ2n) is 4.51. The number of hydrogen-bond donors (Lipinski definition) is 0. The molecule has 0 aliphatic heterocycles. The number of imidazole rings is 1. The Labute approximate surface area is 136 Å². The monoisotopic (exact) mass is 342 g/mol. The molecule has 0 bridgehead atoms. The number of halogens is 4. The van der Waals surface area contributed by atoms with Crippen molar-refractivity contribution in [2.45, 2.75) is 6.42 Å². The number of rotatable bonds is 3. The first-order valence-corrected chi connectivity index (χ1v) is 7.58. The minimum atomic E-state index is -0.482. The Bertz CT molecular complexity index is 814. The molecule has 2 aromatic carbocycles. The summed E-state index contributed by atoms with van der Waals surface area (Å²) < 4.78 is 16.1. The average molecular weight is 344 g/mol. The first-order chi connectivity index (χ1) is 10.1. The van der Waals surface area contributed by atoms with E-state index >= 15 is 0 Å². The zero-order chi connectivity index (χ0) is 15.0. The highest BCUT2D eigenvalue weighted by atomic mass is 35.5. The first-order valence-electron chi connectivity index (χ1n) is 6.29. The summed E-state index contributed by atoms with van der Waals surface area (Å²) in [7, 11) is 0. The van der Waals surface area contributed by atoms with Gasteiger partial charge in [-0.1, -0.05) is 29.3 Å². The highest BCUT2D eigenvalue weighted by Gasteiger charge is 2.16. The molecule has 6 heteroatoms. The average Bonchev–Trinajstić information content (AvgIpc) is 2.79. The van der Waals surface area contributed by atoms with Crippen molar-refractivity contribution < 1.29 is 4.39 Å². The number of benzene rings is 2. The summed E-state index contributed by atoms with van der Waals surface area (Å²) in [5.41, 5.74) is 1.81. The highest BCUT2D eigenvalue weighted by Crippen LogP contribution is 2.28. The summed E-state index contributed by atoms with van der Waals surface area (Å²) in [6.45, 7) is 0. The molecule has 0 amide bonds. The minimum absolute atomic E-state index is 0.0696. The number of aromatic nitrogens is 2. The van der Waals surface area contributed by atoms with E-state index in [4.69, 9.17) is 34.8 Å². The lowest BCUT2D eigenvalue weighted by Gasteiger charge is -2.10. The van der Waals surface area contributed by atoms with Gasteiger partial charge in [0.2, 0.25) is 0 Å². The lowest BCUT2D eigenvalue weighted by molar-refractivity contribution is 0.617. The molecule has 3 aromatic rings. The molecule has 0 radical (unpaired) electrons. The van der Waals surface area contributed by atoms with E-state index in [0.29, 0.717) is 34.4 Å². The summed E-state index contributed by atoms with van der Waals surface area (Å²) in [5.74, 6) is 0.576. The van der Waals surface area contributed by atoms with Crippen molar-refractivity contribution in [3.05, 3.63) is 58.1 Å². The Hall–Kier alpha value is -1.29. The predicted octanol–water partition coefficient (Wildman–Crippen LogP) is 5.25. The summed E-state index contributed by atoms with van der Waals surface area (Å²) in [6, 6.07) is 10.2. The van der Waals surface area contributed by atoms with Gasteiger partial charge in [-0.05, 0) is 30.3 Å². The van der Waals surface area contributed by atoms with Gasteiger partial charge < -0.3 is 0 Å². The largest absolute Gasteiger partial charge is 0.293 e. The maximum absolute atomic E-state index is 14.4. The Morgan fingerprint density at radius 1 is 1.14 bits per heavy atom. The Morgan fingerprint density at radius 2 is 1.95 bits per heavy atom. The van der Waals surface area contributed by atoms with E-state index in [2.05, 4.69) is 4.98 Å². The molecule has 1 heterocycles. The molecule has 0 unspecified atom stereocenters. The Kier molecular flexibility index (Phi) is 4.07. The standard InChI is InChI=1S/C15H10Cl3FN2/c16-7-6-14-20-11-8-9(17)4-5-12(11)21(14)13-3-1-2-10(18)15(13)19/h1-5,8H,6-7H2. The normalized spacial score (nSPS) is 11.2. The van der Waals surface area contributed by atoms with Crippen LogP contribution in [-0.2, 0) is 6.42 Å². The van der Waals surface area contributed by atoms with Crippen molar-refractivity contribution in [1.82, 2.24) is 9.55 Å². The number of alkyl halides is 1. The topological polar surface area (TPSA) is 17.8 Å². The molecule has 3 rings (SSSR count). The van der Waals surface area contributed by atoms with Crippen LogP contribution in [0, 0.1) is 5.82 Å². The van der Waals surface area contributed by atoms with Gasteiger partial charge in [0.15, 0.2) is 5.82 Å². The first kappa shape index (κ1) is 14.6. The van der Waals surface area contributed by atoms with Crippen molar-refractivity contribution >= 4 is 45.8 Å². The van der Waals surface area contributed by atoms with Crippen molar-refractivity contribution in [2.75, 3.05) is 5.88 Å². The SMILES string of the molecule is Fc1c(Cl)cccc1-n1c(CCCl)nc2cc(Cl)ccc21. The summed E-state index contributed by atoms with van der Waals surface area (Å²) in [4.78, 5) is 4.49. The van der Waals surface area contributed by atoms with Gasteiger partial charge in [0.05, 0.1) is 21.7 Å². The summed E-state index contributed by atoms with van der Waals surface area (Å²) in [5, 5.41) is 0.649. The fourth-order valence-electron chi connectivity index (χ4n) is 2.29. The maximum atomic E-state index is 14.4. The van der Waals surface area contributed by atoms with Crippen LogP contribution in [0.3, 0.4) is 0 Å². The third-order valence-corrected chi connectivity index (χ3v) is 3.89.